The molecule has 0 spiro atoms. The molecule has 1 aliphatic rings. The second-order valence-corrected chi connectivity index (χ2v) is 8.06. The molecule has 132 valence electrons. The van der Waals surface area contributed by atoms with E-state index in [1.807, 2.05) is 19.1 Å². The highest BCUT2D eigenvalue weighted by molar-refractivity contribution is 7.89. The number of sulfonamides is 1. The molecule has 0 aliphatic carbocycles. The molecule has 5 nitrogen and oxygen atoms in total. The van der Waals surface area contributed by atoms with Crippen molar-refractivity contribution >= 4 is 15.8 Å². The smallest absolute Gasteiger partial charge is 0.240 e. The SMILES string of the molecule is CC(=O)c1ccc(S(=O)(=O)NC(C)Cc2ccc3c(c2)CCO3)cc1. The van der Waals surface area contributed by atoms with Crippen molar-refractivity contribution in [1.29, 1.82) is 0 Å². The van der Waals surface area contributed by atoms with Gasteiger partial charge in [0.05, 0.1) is 11.5 Å². The van der Waals surface area contributed by atoms with E-state index >= 15 is 0 Å². The van der Waals surface area contributed by atoms with Crippen LogP contribution in [-0.2, 0) is 22.9 Å². The van der Waals surface area contributed by atoms with Crippen LogP contribution in [0.2, 0.25) is 0 Å². The van der Waals surface area contributed by atoms with E-state index in [2.05, 4.69) is 10.8 Å². The molecule has 2 aromatic rings. The van der Waals surface area contributed by atoms with Crippen molar-refractivity contribution in [1.82, 2.24) is 4.72 Å². The minimum atomic E-state index is -3.62. The molecule has 0 aromatic heterocycles. The molecular formula is C19H21NO4S. The van der Waals surface area contributed by atoms with Gasteiger partial charge in [-0.25, -0.2) is 13.1 Å². The van der Waals surface area contributed by atoms with Crippen LogP contribution in [0.4, 0.5) is 0 Å². The summed E-state index contributed by atoms with van der Waals surface area (Å²) >= 11 is 0. The van der Waals surface area contributed by atoms with Crippen molar-refractivity contribution in [2.24, 2.45) is 0 Å². The van der Waals surface area contributed by atoms with E-state index in [1.54, 1.807) is 0 Å². The fourth-order valence-corrected chi connectivity index (χ4v) is 4.21. The number of Topliss-reactive ketones (excluding diaryl/α,β-unsaturated/α-hetero) is 1. The first kappa shape index (κ1) is 17.6. The molecular weight excluding hydrogens is 338 g/mol. The third-order valence-electron chi connectivity index (χ3n) is 4.22. The van der Waals surface area contributed by atoms with Crippen molar-refractivity contribution in [3.8, 4) is 5.75 Å². The first-order valence-electron chi connectivity index (χ1n) is 8.23. The summed E-state index contributed by atoms with van der Waals surface area (Å²) < 4.78 is 33.2. The predicted octanol–water partition coefficient (Wildman–Crippen LogP) is 2.73. The van der Waals surface area contributed by atoms with Crippen LogP contribution < -0.4 is 9.46 Å². The molecule has 1 N–H and O–H groups in total. The Morgan fingerprint density at radius 1 is 1.20 bits per heavy atom. The Balaban J connectivity index is 1.68. The molecule has 3 rings (SSSR count). The molecule has 0 saturated carbocycles. The Morgan fingerprint density at radius 3 is 2.60 bits per heavy atom. The molecule has 6 heteroatoms. The van der Waals surface area contributed by atoms with Gasteiger partial charge in [-0.15, -0.1) is 0 Å². The zero-order valence-corrected chi connectivity index (χ0v) is 15.1. The number of carbonyl (C=O) groups is 1. The van der Waals surface area contributed by atoms with Gasteiger partial charge in [0.2, 0.25) is 10.0 Å². The van der Waals surface area contributed by atoms with E-state index in [4.69, 9.17) is 4.74 Å². The highest BCUT2D eigenvalue weighted by Gasteiger charge is 2.19. The van der Waals surface area contributed by atoms with E-state index in [0.29, 0.717) is 18.6 Å². The van der Waals surface area contributed by atoms with Crippen molar-refractivity contribution in [2.45, 2.75) is 37.6 Å². The van der Waals surface area contributed by atoms with Crippen LogP contribution >= 0.6 is 0 Å². The summed E-state index contributed by atoms with van der Waals surface area (Å²) in [6.45, 7) is 3.99. The fraction of sp³-hybridized carbons (Fsp3) is 0.316. The molecule has 0 fully saturated rings. The van der Waals surface area contributed by atoms with Gasteiger partial charge in [0.1, 0.15) is 5.75 Å². The minimum absolute atomic E-state index is 0.0918. The maximum Gasteiger partial charge on any atom is 0.240 e. The lowest BCUT2D eigenvalue weighted by atomic mass is 10.0. The summed E-state index contributed by atoms with van der Waals surface area (Å²) in [5.74, 6) is 0.827. The summed E-state index contributed by atoms with van der Waals surface area (Å²) in [4.78, 5) is 11.5. The Bertz CT molecular complexity index is 888. The average molecular weight is 359 g/mol. The van der Waals surface area contributed by atoms with Gasteiger partial charge in [-0.3, -0.25) is 4.79 Å². The number of fused-ring (bicyclic) bond motifs is 1. The molecule has 1 atom stereocenters. The van der Waals surface area contributed by atoms with Gasteiger partial charge in [-0.2, -0.15) is 0 Å². The number of benzene rings is 2. The number of carbonyl (C=O) groups excluding carboxylic acids is 1. The molecule has 0 amide bonds. The first-order valence-corrected chi connectivity index (χ1v) is 9.71. The number of ether oxygens (including phenoxy) is 1. The molecule has 0 bridgehead atoms. The third-order valence-corrected chi connectivity index (χ3v) is 5.83. The molecule has 1 heterocycles. The van der Waals surface area contributed by atoms with Crippen molar-refractivity contribution in [2.75, 3.05) is 6.61 Å². The summed E-state index contributed by atoms with van der Waals surface area (Å²) in [5.41, 5.74) is 2.74. The number of hydrogen-bond donors (Lipinski definition) is 1. The van der Waals surface area contributed by atoms with Gasteiger partial charge in [0.15, 0.2) is 5.78 Å². The lowest BCUT2D eigenvalue weighted by molar-refractivity contribution is 0.101. The van der Waals surface area contributed by atoms with Gasteiger partial charge < -0.3 is 4.74 Å². The zero-order chi connectivity index (χ0) is 18.0. The molecule has 0 saturated heterocycles. The second-order valence-electron chi connectivity index (χ2n) is 6.35. The second kappa shape index (κ2) is 6.98. The Hall–Kier alpha value is -2.18. The molecule has 1 unspecified atom stereocenters. The van der Waals surface area contributed by atoms with Gasteiger partial charge in [0, 0.05) is 18.0 Å². The first-order chi connectivity index (χ1) is 11.8. The number of ketones is 1. The zero-order valence-electron chi connectivity index (χ0n) is 14.3. The van der Waals surface area contributed by atoms with E-state index in [9.17, 15) is 13.2 Å². The van der Waals surface area contributed by atoms with Crippen molar-refractivity contribution in [3.05, 3.63) is 59.2 Å². The minimum Gasteiger partial charge on any atom is -0.493 e. The van der Waals surface area contributed by atoms with Gasteiger partial charge in [0.25, 0.3) is 0 Å². The van der Waals surface area contributed by atoms with Gasteiger partial charge >= 0.3 is 0 Å². The summed E-state index contributed by atoms with van der Waals surface area (Å²) in [6, 6.07) is 11.7. The summed E-state index contributed by atoms with van der Waals surface area (Å²) in [5, 5.41) is 0. The molecule has 2 aromatic carbocycles. The Kier molecular flexibility index (Phi) is 4.92. The predicted molar refractivity (Wildman–Crippen MR) is 95.6 cm³/mol. The highest BCUT2D eigenvalue weighted by Crippen LogP contribution is 2.26. The average Bonchev–Trinajstić information content (AvgIpc) is 3.02. The van der Waals surface area contributed by atoms with Crippen molar-refractivity contribution < 1.29 is 17.9 Å². The molecule has 25 heavy (non-hydrogen) atoms. The fourth-order valence-electron chi connectivity index (χ4n) is 2.96. The highest BCUT2D eigenvalue weighted by atomic mass is 32.2. The Morgan fingerprint density at radius 2 is 1.92 bits per heavy atom. The van der Waals surface area contributed by atoms with Crippen LogP contribution in [-0.4, -0.2) is 26.8 Å². The van der Waals surface area contributed by atoms with E-state index in [1.165, 1.54) is 36.8 Å². The standard InChI is InChI=1S/C19H21NO4S/c1-13(11-15-3-8-19-17(12-15)9-10-24-19)20-25(22,23)18-6-4-16(5-7-18)14(2)21/h3-8,12-13,20H,9-11H2,1-2H3. The van der Waals surface area contributed by atoms with Gasteiger partial charge in [-0.05, 0) is 49.6 Å². The lowest BCUT2D eigenvalue weighted by Gasteiger charge is -2.15. The number of nitrogens with one attached hydrogen (secondary N) is 1. The quantitative estimate of drug-likeness (QED) is 0.805. The van der Waals surface area contributed by atoms with Crippen molar-refractivity contribution in [3.63, 3.8) is 0 Å². The van der Waals surface area contributed by atoms with Crippen LogP contribution in [0.15, 0.2) is 47.4 Å². The van der Waals surface area contributed by atoms with Crippen LogP contribution in [0.1, 0.15) is 35.3 Å². The Labute approximate surface area is 148 Å². The number of hydrogen-bond acceptors (Lipinski definition) is 4. The van der Waals surface area contributed by atoms with Gasteiger partial charge in [-0.1, -0.05) is 24.3 Å². The van der Waals surface area contributed by atoms with E-state index in [0.717, 1.165) is 17.7 Å². The van der Waals surface area contributed by atoms with Crippen LogP contribution in [0.3, 0.4) is 0 Å². The number of rotatable bonds is 6. The van der Waals surface area contributed by atoms with E-state index in [-0.39, 0.29) is 16.7 Å². The monoisotopic (exact) mass is 359 g/mol. The largest absolute Gasteiger partial charge is 0.493 e. The van der Waals surface area contributed by atoms with Crippen LogP contribution in [0.5, 0.6) is 5.75 Å². The van der Waals surface area contributed by atoms with Crippen LogP contribution in [0, 0.1) is 0 Å². The molecule has 1 aliphatic heterocycles. The molecule has 0 radical (unpaired) electrons. The topological polar surface area (TPSA) is 72.5 Å². The summed E-state index contributed by atoms with van der Waals surface area (Å²) in [6.07, 6.45) is 1.49. The lowest BCUT2D eigenvalue weighted by Crippen LogP contribution is -2.34. The maximum atomic E-state index is 12.5. The third kappa shape index (κ3) is 4.08. The van der Waals surface area contributed by atoms with E-state index < -0.39 is 10.0 Å². The maximum absolute atomic E-state index is 12.5. The summed E-state index contributed by atoms with van der Waals surface area (Å²) in [7, 11) is -3.62. The normalized spacial score (nSPS) is 14.6. The van der Waals surface area contributed by atoms with Crippen LogP contribution in [0.25, 0.3) is 0 Å².